The van der Waals surface area contributed by atoms with Crippen molar-refractivity contribution in [3.05, 3.63) is 47.7 Å². The Labute approximate surface area is 137 Å². The molecule has 0 N–H and O–H groups in total. The van der Waals surface area contributed by atoms with Gasteiger partial charge < -0.3 is 9.15 Å². The van der Waals surface area contributed by atoms with Crippen molar-refractivity contribution >= 4 is 6.20 Å². The van der Waals surface area contributed by atoms with Crippen LogP contribution in [0.25, 0.3) is 6.20 Å². The molecule has 124 valence electrons. The lowest BCUT2D eigenvalue weighted by Crippen LogP contribution is -2.31. The van der Waals surface area contributed by atoms with Gasteiger partial charge in [0.25, 0.3) is 0 Å². The van der Waals surface area contributed by atoms with Crippen LogP contribution in [-0.4, -0.2) is 33.9 Å². The molecule has 0 aromatic carbocycles. The molecule has 1 aliphatic heterocycles. The summed E-state index contributed by atoms with van der Waals surface area (Å²) < 4.78 is 13.4. The lowest BCUT2D eigenvalue weighted by atomic mass is 10.2. The molecule has 0 bridgehead atoms. The fraction of sp³-hybridized carbons (Fsp3) is 0.500. The maximum atomic E-state index is 5.81. The number of ether oxygens (including phenoxy) is 1. The molecule has 0 aliphatic carbocycles. The Morgan fingerprint density at radius 2 is 2.26 bits per heavy atom. The van der Waals surface area contributed by atoms with Crippen molar-refractivity contribution in [1.82, 2.24) is 14.7 Å². The van der Waals surface area contributed by atoms with Crippen molar-refractivity contribution in [3.63, 3.8) is 0 Å². The Kier molecular flexibility index (Phi) is 4.98. The molecule has 0 saturated carbocycles. The number of hydrogen-bond donors (Lipinski definition) is 0. The molecule has 23 heavy (non-hydrogen) atoms. The van der Waals surface area contributed by atoms with Crippen LogP contribution in [0.3, 0.4) is 0 Å². The number of rotatable bonds is 7. The van der Waals surface area contributed by atoms with E-state index in [2.05, 4.69) is 29.6 Å². The molecule has 1 aliphatic rings. The topological polar surface area (TPSA) is 43.4 Å². The molecule has 1 atom stereocenters. The first-order valence-electron chi connectivity index (χ1n) is 8.20. The van der Waals surface area contributed by atoms with Gasteiger partial charge in [-0.15, -0.1) is 0 Å². The summed E-state index contributed by atoms with van der Waals surface area (Å²) in [6.07, 6.45) is 6.27. The highest BCUT2D eigenvalue weighted by molar-refractivity contribution is 5.26. The number of furan rings is 1. The predicted molar refractivity (Wildman–Crippen MR) is 89.9 cm³/mol. The molecule has 3 rings (SSSR count). The Hall–Kier alpha value is -1.85. The van der Waals surface area contributed by atoms with Gasteiger partial charge in [0.05, 0.1) is 18.8 Å². The van der Waals surface area contributed by atoms with Crippen LogP contribution in [0, 0.1) is 13.8 Å². The molecular weight excluding hydrogens is 290 g/mol. The molecule has 1 saturated heterocycles. The highest BCUT2D eigenvalue weighted by atomic mass is 16.5. The van der Waals surface area contributed by atoms with E-state index >= 15 is 0 Å². The van der Waals surface area contributed by atoms with E-state index in [0.717, 1.165) is 56.3 Å². The summed E-state index contributed by atoms with van der Waals surface area (Å²) >= 11 is 0. The molecule has 0 radical (unpaired) electrons. The normalized spacial score (nSPS) is 18.0. The molecular formula is C18H25N3O2. The van der Waals surface area contributed by atoms with E-state index in [0.29, 0.717) is 6.10 Å². The summed E-state index contributed by atoms with van der Waals surface area (Å²) in [5.41, 5.74) is 2.35. The number of aryl methyl sites for hydroxylation is 1. The third kappa shape index (κ3) is 3.92. The average molecular weight is 315 g/mol. The number of nitrogens with zero attached hydrogens (tertiary/aromatic N) is 3. The largest absolute Gasteiger partial charge is 0.465 e. The van der Waals surface area contributed by atoms with E-state index in [1.807, 2.05) is 23.9 Å². The fourth-order valence-corrected chi connectivity index (χ4v) is 3.09. The van der Waals surface area contributed by atoms with Gasteiger partial charge in [0.2, 0.25) is 0 Å². The van der Waals surface area contributed by atoms with Gasteiger partial charge in [-0.1, -0.05) is 6.58 Å². The van der Waals surface area contributed by atoms with Gasteiger partial charge >= 0.3 is 0 Å². The standard InChI is InChI=1S/C18H25N3O2/c1-4-21-15(3)16(10-19-21)11-20(12-17-6-5-9-22-17)13-18-8-7-14(2)23-18/h4,7-8,10,17H,1,5-6,9,11-13H2,2-3H3/t17-/m1/s1. The molecule has 5 nitrogen and oxygen atoms in total. The third-order valence-corrected chi connectivity index (χ3v) is 4.37. The second-order valence-corrected chi connectivity index (χ2v) is 6.20. The number of hydrogen-bond acceptors (Lipinski definition) is 4. The van der Waals surface area contributed by atoms with Gasteiger partial charge in [0.15, 0.2) is 0 Å². The second kappa shape index (κ2) is 7.15. The smallest absolute Gasteiger partial charge is 0.118 e. The van der Waals surface area contributed by atoms with Gasteiger partial charge in [0, 0.05) is 37.2 Å². The van der Waals surface area contributed by atoms with E-state index in [1.54, 1.807) is 6.20 Å². The quantitative estimate of drug-likeness (QED) is 0.785. The van der Waals surface area contributed by atoms with Crippen molar-refractivity contribution in [2.75, 3.05) is 13.2 Å². The van der Waals surface area contributed by atoms with Crippen LogP contribution in [0.4, 0.5) is 0 Å². The molecule has 0 unspecified atom stereocenters. The van der Waals surface area contributed by atoms with Crippen molar-refractivity contribution in [1.29, 1.82) is 0 Å². The second-order valence-electron chi connectivity index (χ2n) is 6.20. The first-order valence-corrected chi connectivity index (χ1v) is 8.20. The minimum Gasteiger partial charge on any atom is -0.465 e. The average Bonchev–Trinajstić information content (AvgIpc) is 3.24. The Morgan fingerprint density at radius 3 is 2.87 bits per heavy atom. The highest BCUT2D eigenvalue weighted by Crippen LogP contribution is 2.19. The first kappa shape index (κ1) is 16.0. The fourth-order valence-electron chi connectivity index (χ4n) is 3.09. The van der Waals surface area contributed by atoms with E-state index in [4.69, 9.17) is 9.15 Å². The summed E-state index contributed by atoms with van der Waals surface area (Å²) in [6, 6.07) is 4.07. The van der Waals surface area contributed by atoms with Crippen LogP contribution in [-0.2, 0) is 17.8 Å². The lowest BCUT2D eigenvalue weighted by Gasteiger charge is -2.24. The highest BCUT2D eigenvalue weighted by Gasteiger charge is 2.21. The van der Waals surface area contributed by atoms with Crippen LogP contribution >= 0.6 is 0 Å². The van der Waals surface area contributed by atoms with Crippen LogP contribution in [0.5, 0.6) is 0 Å². The lowest BCUT2D eigenvalue weighted by molar-refractivity contribution is 0.0653. The van der Waals surface area contributed by atoms with E-state index in [9.17, 15) is 0 Å². The summed E-state index contributed by atoms with van der Waals surface area (Å²) in [6.45, 7) is 11.3. The number of aromatic nitrogens is 2. The minimum absolute atomic E-state index is 0.320. The molecule has 2 aromatic heterocycles. The van der Waals surface area contributed by atoms with Gasteiger partial charge in [-0.25, -0.2) is 4.68 Å². The summed E-state index contributed by atoms with van der Waals surface area (Å²) in [4.78, 5) is 2.38. The third-order valence-electron chi connectivity index (χ3n) is 4.37. The minimum atomic E-state index is 0.320. The van der Waals surface area contributed by atoms with Crippen molar-refractivity contribution in [2.24, 2.45) is 0 Å². The zero-order valence-electron chi connectivity index (χ0n) is 14.0. The van der Waals surface area contributed by atoms with Crippen molar-refractivity contribution in [3.8, 4) is 0 Å². The molecule has 2 aromatic rings. The van der Waals surface area contributed by atoms with E-state index in [-0.39, 0.29) is 0 Å². The first-order chi connectivity index (χ1) is 11.2. The zero-order chi connectivity index (χ0) is 16.2. The Bertz CT molecular complexity index is 653. The Morgan fingerprint density at radius 1 is 1.39 bits per heavy atom. The molecule has 5 heteroatoms. The maximum Gasteiger partial charge on any atom is 0.118 e. The van der Waals surface area contributed by atoms with E-state index < -0.39 is 0 Å². The van der Waals surface area contributed by atoms with Crippen LogP contribution in [0.15, 0.2) is 29.3 Å². The SMILES string of the molecule is C=Cn1ncc(CN(Cc2ccc(C)o2)C[C@H]2CCCO2)c1C. The van der Waals surface area contributed by atoms with Gasteiger partial charge in [-0.3, -0.25) is 4.90 Å². The van der Waals surface area contributed by atoms with Crippen molar-refractivity contribution in [2.45, 2.75) is 45.9 Å². The van der Waals surface area contributed by atoms with Crippen LogP contribution in [0.2, 0.25) is 0 Å². The van der Waals surface area contributed by atoms with Crippen molar-refractivity contribution < 1.29 is 9.15 Å². The molecule has 0 amide bonds. The predicted octanol–water partition coefficient (Wildman–Crippen LogP) is 3.37. The molecule has 3 heterocycles. The van der Waals surface area contributed by atoms with Crippen LogP contribution < -0.4 is 0 Å². The monoisotopic (exact) mass is 315 g/mol. The van der Waals surface area contributed by atoms with Crippen LogP contribution in [0.1, 0.15) is 35.6 Å². The van der Waals surface area contributed by atoms with Gasteiger partial charge in [0.1, 0.15) is 11.5 Å². The van der Waals surface area contributed by atoms with E-state index in [1.165, 1.54) is 5.56 Å². The van der Waals surface area contributed by atoms with Gasteiger partial charge in [-0.2, -0.15) is 5.10 Å². The zero-order valence-corrected chi connectivity index (χ0v) is 14.0. The summed E-state index contributed by atoms with van der Waals surface area (Å²) in [5.74, 6) is 1.95. The maximum absolute atomic E-state index is 5.81. The van der Waals surface area contributed by atoms with Gasteiger partial charge in [-0.05, 0) is 38.8 Å². The molecule has 1 fully saturated rings. The summed E-state index contributed by atoms with van der Waals surface area (Å²) in [5, 5.41) is 4.35. The molecule has 0 spiro atoms. The Balaban J connectivity index is 1.72. The summed E-state index contributed by atoms with van der Waals surface area (Å²) in [7, 11) is 0.